The molecule has 15 heavy (non-hydrogen) atoms. The normalized spacial score (nSPS) is 18.2. The van der Waals surface area contributed by atoms with Crippen LogP contribution >= 0.6 is 11.6 Å². The van der Waals surface area contributed by atoms with E-state index in [9.17, 15) is 0 Å². The molecule has 2 nitrogen and oxygen atoms in total. The Balaban J connectivity index is 2.23. The SMILES string of the molecule is CN(C)Cc1ccc(C2(N)CC2)cc1Cl. The van der Waals surface area contributed by atoms with Gasteiger partial charge in [-0.15, -0.1) is 0 Å². The van der Waals surface area contributed by atoms with Gasteiger partial charge in [-0.2, -0.15) is 0 Å². The lowest BCUT2D eigenvalue weighted by atomic mass is 10.0. The number of benzene rings is 1. The van der Waals surface area contributed by atoms with Crippen molar-refractivity contribution in [3.05, 3.63) is 34.3 Å². The van der Waals surface area contributed by atoms with Crippen LogP contribution in [0.2, 0.25) is 5.02 Å². The van der Waals surface area contributed by atoms with E-state index in [1.54, 1.807) is 0 Å². The van der Waals surface area contributed by atoms with E-state index in [0.29, 0.717) is 0 Å². The molecule has 0 heterocycles. The summed E-state index contributed by atoms with van der Waals surface area (Å²) in [4.78, 5) is 2.11. The minimum Gasteiger partial charge on any atom is -0.321 e. The molecule has 1 aliphatic carbocycles. The van der Waals surface area contributed by atoms with Gasteiger partial charge in [-0.3, -0.25) is 0 Å². The van der Waals surface area contributed by atoms with E-state index in [2.05, 4.69) is 17.0 Å². The van der Waals surface area contributed by atoms with Crippen LogP contribution in [0.5, 0.6) is 0 Å². The predicted molar refractivity (Wildman–Crippen MR) is 63.9 cm³/mol. The lowest BCUT2D eigenvalue weighted by Crippen LogP contribution is -2.19. The van der Waals surface area contributed by atoms with Crippen LogP contribution in [0.4, 0.5) is 0 Å². The van der Waals surface area contributed by atoms with Gasteiger partial charge >= 0.3 is 0 Å². The quantitative estimate of drug-likeness (QED) is 0.854. The Morgan fingerprint density at radius 3 is 2.53 bits per heavy atom. The molecule has 0 amide bonds. The molecule has 82 valence electrons. The van der Waals surface area contributed by atoms with Gasteiger partial charge in [0.15, 0.2) is 0 Å². The second kappa shape index (κ2) is 3.78. The fourth-order valence-electron chi connectivity index (χ4n) is 1.75. The monoisotopic (exact) mass is 224 g/mol. The summed E-state index contributed by atoms with van der Waals surface area (Å²) in [6.07, 6.45) is 2.16. The number of hydrogen-bond acceptors (Lipinski definition) is 2. The van der Waals surface area contributed by atoms with E-state index in [0.717, 1.165) is 30.0 Å². The van der Waals surface area contributed by atoms with Gasteiger partial charge in [-0.25, -0.2) is 0 Å². The van der Waals surface area contributed by atoms with Gasteiger partial charge in [0.2, 0.25) is 0 Å². The topological polar surface area (TPSA) is 29.3 Å². The largest absolute Gasteiger partial charge is 0.321 e. The third kappa shape index (κ3) is 2.33. The van der Waals surface area contributed by atoms with Gasteiger partial charge in [0, 0.05) is 17.1 Å². The van der Waals surface area contributed by atoms with Crippen LogP contribution in [0.25, 0.3) is 0 Å². The highest BCUT2D eigenvalue weighted by molar-refractivity contribution is 6.31. The van der Waals surface area contributed by atoms with Crippen LogP contribution in [-0.2, 0) is 12.1 Å². The Morgan fingerprint density at radius 2 is 2.07 bits per heavy atom. The first-order valence-electron chi connectivity index (χ1n) is 5.24. The van der Waals surface area contributed by atoms with Crippen LogP contribution in [0.1, 0.15) is 24.0 Å². The van der Waals surface area contributed by atoms with Crippen LogP contribution < -0.4 is 5.73 Å². The molecular formula is C12H17ClN2. The minimum absolute atomic E-state index is 0.0830. The van der Waals surface area contributed by atoms with E-state index >= 15 is 0 Å². The van der Waals surface area contributed by atoms with Crippen molar-refractivity contribution in [1.82, 2.24) is 4.90 Å². The van der Waals surface area contributed by atoms with Crippen LogP contribution in [0.15, 0.2) is 18.2 Å². The summed E-state index contributed by atoms with van der Waals surface area (Å²) in [6.45, 7) is 0.872. The van der Waals surface area contributed by atoms with Gasteiger partial charge < -0.3 is 10.6 Å². The van der Waals surface area contributed by atoms with E-state index < -0.39 is 0 Å². The fraction of sp³-hybridized carbons (Fsp3) is 0.500. The molecule has 0 bridgehead atoms. The van der Waals surface area contributed by atoms with Crippen LogP contribution in [0.3, 0.4) is 0 Å². The predicted octanol–water partition coefficient (Wildman–Crippen LogP) is 2.35. The average molecular weight is 225 g/mol. The first-order chi connectivity index (χ1) is 7.01. The Kier molecular flexibility index (Phi) is 2.75. The Bertz CT molecular complexity index is 370. The minimum atomic E-state index is -0.0830. The molecule has 0 radical (unpaired) electrons. The van der Waals surface area contributed by atoms with E-state index in [1.165, 1.54) is 5.56 Å². The zero-order valence-electron chi connectivity index (χ0n) is 9.26. The van der Waals surface area contributed by atoms with Crippen LogP contribution in [0, 0.1) is 0 Å². The molecule has 1 aromatic rings. The van der Waals surface area contributed by atoms with Crippen molar-refractivity contribution >= 4 is 11.6 Å². The molecular weight excluding hydrogens is 208 g/mol. The molecule has 2 N–H and O–H groups in total. The summed E-state index contributed by atoms with van der Waals surface area (Å²) >= 11 is 6.23. The number of nitrogens with zero attached hydrogens (tertiary/aromatic N) is 1. The Labute approximate surface area is 96.0 Å². The molecule has 2 rings (SSSR count). The molecule has 0 spiro atoms. The van der Waals surface area contributed by atoms with Crippen molar-refractivity contribution in [2.45, 2.75) is 24.9 Å². The van der Waals surface area contributed by atoms with Crippen LogP contribution in [-0.4, -0.2) is 19.0 Å². The summed E-state index contributed by atoms with van der Waals surface area (Å²) in [7, 11) is 4.07. The molecule has 0 aromatic heterocycles. The molecule has 0 atom stereocenters. The average Bonchev–Trinajstić information content (AvgIpc) is 2.88. The van der Waals surface area contributed by atoms with Crippen molar-refractivity contribution in [1.29, 1.82) is 0 Å². The van der Waals surface area contributed by atoms with Crippen molar-refractivity contribution in [3.8, 4) is 0 Å². The Morgan fingerprint density at radius 1 is 1.40 bits per heavy atom. The molecule has 1 fully saturated rings. The lowest BCUT2D eigenvalue weighted by Gasteiger charge is -2.14. The highest BCUT2D eigenvalue weighted by atomic mass is 35.5. The summed E-state index contributed by atoms with van der Waals surface area (Å²) in [5.74, 6) is 0. The summed E-state index contributed by atoms with van der Waals surface area (Å²) in [5, 5.41) is 0.831. The van der Waals surface area contributed by atoms with E-state index in [-0.39, 0.29) is 5.54 Å². The van der Waals surface area contributed by atoms with Crippen molar-refractivity contribution < 1.29 is 0 Å². The standard InChI is InChI=1S/C12H17ClN2/c1-15(2)8-9-3-4-10(7-11(9)13)12(14)5-6-12/h3-4,7H,5-6,8,14H2,1-2H3. The van der Waals surface area contributed by atoms with Crippen molar-refractivity contribution in [2.24, 2.45) is 5.73 Å². The number of halogens is 1. The van der Waals surface area contributed by atoms with E-state index in [4.69, 9.17) is 17.3 Å². The van der Waals surface area contributed by atoms with Gasteiger partial charge in [-0.1, -0.05) is 23.7 Å². The summed E-state index contributed by atoms with van der Waals surface area (Å²) in [5.41, 5.74) is 8.37. The molecule has 1 saturated carbocycles. The molecule has 0 unspecified atom stereocenters. The molecule has 3 heteroatoms. The maximum Gasteiger partial charge on any atom is 0.0454 e. The third-order valence-corrected chi connectivity index (χ3v) is 3.26. The van der Waals surface area contributed by atoms with Gasteiger partial charge in [0.25, 0.3) is 0 Å². The highest BCUT2D eigenvalue weighted by Gasteiger charge is 2.40. The smallest absolute Gasteiger partial charge is 0.0454 e. The zero-order chi connectivity index (χ0) is 11.1. The number of nitrogens with two attached hydrogens (primary N) is 1. The second-order valence-corrected chi connectivity index (χ2v) is 5.11. The lowest BCUT2D eigenvalue weighted by molar-refractivity contribution is 0.402. The summed E-state index contributed by atoms with van der Waals surface area (Å²) < 4.78 is 0. The molecule has 1 aliphatic rings. The first-order valence-corrected chi connectivity index (χ1v) is 5.61. The molecule has 1 aromatic carbocycles. The fourth-order valence-corrected chi connectivity index (χ4v) is 1.99. The summed E-state index contributed by atoms with van der Waals surface area (Å²) in [6, 6.07) is 6.22. The van der Waals surface area contributed by atoms with Gasteiger partial charge in [-0.05, 0) is 44.1 Å². The maximum atomic E-state index is 6.23. The van der Waals surface area contributed by atoms with E-state index in [1.807, 2.05) is 20.2 Å². The zero-order valence-corrected chi connectivity index (χ0v) is 10.0. The highest BCUT2D eigenvalue weighted by Crippen LogP contribution is 2.43. The molecule has 0 saturated heterocycles. The Hall–Kier alpha value is -0.570. The number of hydrogen-bond donors (Lipinski definition) is 1. The maximum absolute atomic E-state index is 6.23. The van der Waals surface area contributed by atoms with Gasteiger partial charge in [0.05, 0.1) is 0 Å². The first kappa shape index (κ1) is 10.9. The third-order valence-electron chi connectivity index (χ3n) is 2.90. The number of rotatable bonds is 3. The molecule has 0 aliphatic heterocycles. The van der Waals surface area contributed by atoms with Crippen molar-refractivity contribution in [3.63, 3.8) is 0 Å². The van der Waals surface area contributed by atoms with Gasteiger partial charge in [0.1, 0.15) is 0 Å². The second-order valence-electron chi connectivity index (χ2n) is 4.70. The van der Waals surface area contributed by atoms with Crippen molar-refractivity contribution in [2.75, 3.05) is 14.1 Å².